The summed E-state index contributed by atoms with van der Waals surface area (Å²) in [6.45, 7) is 2.37. The second-order valence-corrected chi connectivity index (χ2v) is 4.47. The lowest BCUT2D eigenvalue weighted by Crippen LogP contribution is -2.39. The molecule has 0 amide bonds. The molecule has 1 unspecified atom stereocenters. The summed E-state index contributed by atoms with van der Waals surface area (Å²) in [5, 5.41) is 6.99. The van der Waals surface area contributed by atoms with E-state index < -0.39 is 0 Å². The van der Waals surface area contributed by atoms with Crippen molar-refractivity contribution in [3.8, 4) is 0 Å². The summed E-state index contributed by atoms with van der Waals surface area (Å²) in [5.41, 5.74) is 1.12. The van der Waals surface area contributed by atoms with E-state index in [1.807, 2.05) is 18.3 Å². The van der Waals surface area contributed by atoms with Crippen LogP contribution in [0.2, 0.25) is 0 Å². The number of nitrogens with zero attached hydrogens (tertiary/aromatic N) is 1. The molecule has 0 aliphatic carbocycles. The second kappa shape index (κ2) is 6.51. The molecule has 2 rings (SSSR count). The molecule has 1 aliphatic heterocycles. The van der Waals surface area contributed by atoms with Gasteiger partial charge in [0.05, 0.1) is 6.10 Å². The van der Waals surface area contributed by atoms with Crippen LogP contribution in [0.4, 0.5) is 0 Å². The molecule has 4 nitrogen and oxygen atoms in total. The van der Waals surface area contributed by atoms with Gasteiger partial charge in [0, 0.05) is 32.1 Å². The first-order valence-electron chi connectivity index (χ1n) is 5.87. The molecule has 0 saturated carbocycles. The molecule has 0 bridgehead atoms. The van der Waals surface area contributed by atoms with Crippen molar-refractivity contribution < 1.29 is 4.74 Å². The van der Waals surface area contributed by atoms with Gasteiger partial charge in [-0.1, -0.05) is 6.07 Å². The summed E-state index contributed by atoms with van der Waals surface area (Å²) in [6.07, 6.45) is 6.18. The molecule has 1 aromatic heterocycles. The molecule has 1 atom stereocenters. The number of thiocarbonyl (C=S) groups is 1. The molecular weight excluding hydrogens is 234 g/mol. The summed E-state index contributed by atoms with van der Waals surface area (Å²) in [4.78, 5) is 4.05. The first-order valence-corrected chi connectivity index (χ1v) is 6.27. The van der Waals surface area contributed by atoms with Crippen LogP contribution in [0.1, 0.15) is 18.4 Å². The number of pyridine rings is 1. The van der Waals surface area contributed by atoms with E-state index in [9.17, 15) is 0 Å². The van der Waals surface area contributed by atoms with Gasteiger partial charge in [-0.2, -0.15) is 0 Å². The monoisotopic (exact) mass is 251 g/mol. The van der Waals surface area contributed by atoms with Gasteiger partial charge in [-0.05, 0) is 36.7 Å². The van der Waals surface area contributed by atoms with Gasteiger partial charge in [-0.15, -0.1) is 0 Å². The van der Waals surface area contributed by atoms with Gasteiger partial charge < -0.3 is 15.4 Å². The average Bonchev–Trinajstić information content (AvgIpc) is 2.88. The predicted octanol–water partition coefficient (Wildman–Crippen LogP) is 1.22. The zero-order valence-corrected chi connectivity index (χ0v) is 10.5. The summed E-state index contributed by atoms with van der Waals surface area (Å²) in [7, 11) is 0. The highest BCUT2D eigenvalue weighted by Crippen LogP contribution is 2.10. The Morgan fingerprint density at radius 1 is 1.53 bits per heavy atom. The van der Waals surface area contributed by atoms with E-state index in [0.717, 1.165) is 31.6 Å². The highest BCUT2D eigenvalue weighted by molar-refractivity contribution is 7.80. The molecule has 0 radical (unpaired) electrons. The van der Waals surface area contributed by atoms with E-state index in [0.29, 0.717) is 17.8 Å². The van der Waals surface area contributed by atoms with Crippen molar-refractivity contribution in [3.63, 3.8) is 0 Å². The molecule has 2 heterocycles. The molecule has 0 aromatic carbocycles. The van der Waals surface area contributed by atoms with Crippen LogP contribution >= 0.6 is 12.2 Å². The molecular formula is C12H17N3OS. The standard InChI is InChI=1S/C12H17N3OS/c17-12(15-9-11-4-2-6-16-11)14-8-10-3-1-5-13-7-10/h1,3,5,7,11H,2,4,6,8-9H2,(H2,14,15,17). The van der Waals surface area contributed by atoms with Crippen molar-refractivity contribution in [3.05, 3.63) is 30.1 Å². The third-order valence-corrected chi connectivity index (χ3v) is 2.98. The average molecular weight is 251 g/mol. The van der Waals surface area contributed by atoms with Gasteiger partial charge in [-0.3, -0.25) is 4.98 Å². The lowest BCUT2D eigenvalue weighted by atomic mass is 10.2. The van der Waals surface area contributed by atoms with Crippen molar-refractivity contribution in [1.82, 2.24) is 15.6 Å². The summed E-state index contributed by atoms with van der Waals surface area (Å²) < 4.78 is 5.51. The van der Waals surface area contributed by atoms with Gasteiger partial charge in [0.25, 0.3) is 0 Å². The molecule has 5 heteroatoms. The van der Waals surface area contributed by atoms with Crippen molar-refractivity contribution in [2.45, 2.75) is 25.5 Å². The van der Waals surface area contributed by atoms with Gasteiger partial charge in [0.2, 0.25) is 0 Å². The quantitative estimate of drug-likeness (QED) is 0.788. The van der Waals surface area contributed by atoms with Crippen molar-refractivity contribution >= 4 is 17.3 Å². The Hall–Kier alpha value is -1.20. The van der Waals surface area contributed by atoms with Crippen molar-refractivity contribution in [2.75, 3.05) is 13.2 Å². The number of hydrogen-bond acceptors (Lipinski definition) is 3. The predicted molar refractivity (Wildman–Crippen MR) is 70.7 cm³/mol. The van der Waals surface area contributed by atoms with Crippen LogP contribution in [-0.4, -0.2) is 29.4 Å². The molecule has 1 aliphatic rings. The Morgan fingerprint density at radius 3 is 3.18 bits per heavy atom. The number of nitrogens with one attached hydrogen (secondary N) is 2. The van der Waals surface area contributed by atoms with Crippen LogP contribution < -0.4 is 10.6 Å². The summed E-state index contributed by atoms with van der Waals surface area (Å²) in [5.74, 6) is 0. The maximum absolute atomic E-state index is 5.51. The third-order valence-electron chi connectivity index (χ3n) is 2.69. The maximum Gasteiger partial charge on any atom is 0.166 e. The van der Waals surface area contributed by atoms with Gasteiger partial charge in [0.15, 0.2) is 5.11 Å². The molecule has 17 heavy (non-hydrogen) atoms. The zero-order chi connectivity index (χ0) is 11.9. The van der Waals surface area contributed by atoms with E-state index in [1.165, 1.54) is 0 Å². The summed E-state index contributed by atoms with van der Waals surface area (Å²) >= 11 is 5.19. The molecule has 1 aromatic rings. The lowest BCUT2D eigenvalue weighted by molar-refractivity contribution is 0.114. The van der Waals surface area contributed by atoms with Crippen molar-refractivity contribution in [1.29, 1.82) is 0 Å². The first kappa shape index (κ1) is 12.3. The van der Waals surface area contributed by atoms with Crippen molar-refractivity contribution in [2.24, 2.45) is 0 Å². The molecule has 0 spiro atoms. The van der Waals surface area contributed by atoms with Gasteiger partial charge >= 0.3 is 0 Å². The lowest BCUT2D eigenvalue weighted by Gasteiger charge is -2.13. The largest absolute Gasteiger partial charge is 0.376 e. The van der Waals surface area contributed by atoms with Crippen LogP contribution in [0, 0.1) is 0 Å². The zero-order valence-electron chi connectivity index (χ0n) is 9.69. The molecule has 92 valence electrons. The minimum absolute atomic E-state index is 0.313. The second-order valence-electron chi connectivity index (χ2n) is 4.06. The van der Waals surface area contributed by atoms with Crippen LogP contribution in [-0.2, 0) is 11.3 Å². The maximum atomic E-state index is 5.51. The Labute approximate surface area is 107 Å². The fourth-order valence-corrected chi connectivity index (χ4v) is 1.91. The first-order chi connectivity index (χ1) is 8.34. The number of rotatable bonds is 4. The van der Waals surface area contributed by atoms with Gasteiger partial charge in [0.1, 0.15) is 0 Å². The SMILES string of the molecule is S=C(NCc1cccnc1)NCC1CCCO1. The fraction of sp³-hybridized carbons (Fsp3) is 0.500. The Balaban J connectivity index is 1.64. The Bertz CT molecular complexity index is 352. The minimum Gasteiger partial charge on any atom is -0.376 e. The van der Waals surface area contributed by atoms with E-state index in [4.69, 9.17) is 17.0 Å². The van der Waals surface area contributed by atoms with Crippen LogP contribution in [0.15, 0.2) is 24.5 Å². The Morgan fingerprint density at radius 2 is 2.47 bits per heavy atom. The normalized spacial score (nSPS) is 18.9. The van der Waals surface area contributed by atoms with E-state index in [-0.39, 0.29) is 0 Å². The van der Waals surface area contributed by atoms with Crippen LogP contribution in [0.25, 0.3) is 0 Å². The summed E-state index contributed by atoms with van der Waals surface area (Å²) in [6, 6.07) is 3.93. The number of ether oxygens (including phenoxy) is 1. The highest BCUT2D eigenvalue weighted by atomic mass is 32.1. The van der Waals surface area contributed by atoms with E-state index >= 15 is 0 Å². The smallest absolute Gasteiger partial charge is 0.166 e. The highest BCUT2D eigenvalue weighted by Gasteiger charge is 2.14. The Kier molecular flexibility index (Phi) is 4.70. The van der Waals surface area contributed by atoms with Gasteiger partial charge in [-0.25, -0.2) is 0 Å². The minimum atomic E-state index is 0.313. The fourth-order valence-electron chi connectivity index (χ4n) is 1.76. The van der Waals surface area contributed by atoms with Crippen LogP contribution in [0.3, 0.4) is 0 Å². The van der Waals surface area contributed by atoms with Crippen LogP contribution in [0.5, 0.6) is 0 Å². The van der Waals surface area contributed by atoms with E-state index in [2.05, 4.69) is 15.6 Å². The third kappa shape index (κ3) is 4.28. The molecule has 2 N–H and O–H groups in total. The number of hydrogen-bond donors (Lipinski definition) is 2. The number of aromatic nitrogens is 1. The topological polar surface area (TPSA) is 46.2 Å². The molecule has 1 saturated heterocycles. The molecule has 1 fully saturated rings. The van der Waals surface area contributed by atoms with E-state index in [1.54, 1.807) is 6.20 Å².